The van der Waals surface area contributed by atoms with E-state index in [9.17, 15) is 9.18 Å². The summed E-state index contributed by atoms with van der Waals surface area (Å²) in [7, 11) is 1.58. The molecule has 0 radical (unpaired) electrons. The molecule has 4 rings (SSSR count). The third kappa shape index (κ3) is 4.94. The summed E-state index contributed by atoms with van der Waals surface area (Å²) in [5.74, 6) is -0.139. The molecule has 0 spiro atoms. The molecule has 0 saturated carbocycles. The van der Waals surface area contributed by atoms with Gasteiger partial charge in [0.25, 0.3) is 5.91 Å². The minimum absolute atomic E-state index is 0.0437. The molecule has 2 aromatic heterocycles. The monoisotopic (exact) mass is 514 g/mol. The number of benzene rings is 2. The van der Waals surface area contributed by atoms with E-state index < -0.39 is 11.7 Å². The van der Waals surface area contributed by atoms with Crippen molar-refractivity contribution < 1.29 is 13.9 Å². The number of anilines is 1. The topological polar surface area (TPSA) is 94.8 Å². The number of nitrogens with one attached hydrogen (secondary N) is 1. The van der Waals surface area contributed by atoms with Crippen LogP contribution < -0.4 is 10.1 Å². The number of nitrogens with zero attached hydrogens (tertiary/aromatic N) is 5. The summed E-state index contributed by atoms with van der Waals surface area (Å²) in [6, 6.07) is 13.3. The average Bonchev–Trinajstić information content (AvgIpc) is 3.24. The van der Waals surface area contributed by atoms with Crippen LogP contribution in [0.1, 0.15) is 16.2 Å². The molecule has 0 aliphatic rings. The second-order valence-electron chi connectivity index (χ2n) is 6.39. The van der Waals surface area contributed by atoms with Crippen molar-refractivity contribution >= 4 is 39.3 Å². The molecule has 0 aliphatic heterocycles. The van der Waals surface area contributed by atoms with Gasteiger partial charge in [0.05, 0.1) is 24.2 Å². The number of methoxy groups -OCH3 is 1. The molecule has 11 heteroatoms. The second-order valence-corrected chi connectivity index (χ2v) is 8.25. The van der Waals surface area contributed by atoms with Gasteiger partial charge in [-0.2, -0.15) is 0 Å². The van der Waals surface area contributed by atoms with E-state index in [2.05, 4.69) is 41.5 Å². The molecule has 0 atom stereocenters. The second kappa shape index (κ2) is 9.88. The fraction of sp³-hybridized carbons (Fsp3) is 0.0952. The van der Waals surface area contributed by atoms with Gasteiger partial charge in [0.15, 0.2) is 10.9 Å². The van der Waals surface area contributed by atoms with Crippen molar-refractivity contribution in [2.75, 3.05) is 12.4 Å². The summed E-state index contributed by atoms with van der Waals surface area (Å²) < 4.78 is 21.5. The quantitative estimate of drug-likeness (QED) is 0.286. The SMILES string of the molecule is COc1ccc(-n2nnc(C(=O)Nc3ccc(Br)cc3F)c2CSc2ncccn2)cc1. The minimum atomic E-state index is -0.574. The summed E-state index contributed by atoms with van der Waals surface area (Å²) in [5.41, 5.74) is 1.33. The van der Waals surface area contributed by atoms with Crippen LogP contribution in [0, 0.1) is 5.82 Å². The van der Waals surface area contributed by atoms with Gasteiger partial charge in [-0.05, 0) is 48.5 Å². The number of rotatable bonds is 7. The zero-order chi connectivity index (χ0) is 22.5. The summed E-state index contributed by atoms with van der Waals surface area (Å²) in [5, 5.41) is 11.3. The molecule has 1 amide bonds. The van der Waals surface area contributed by atoms with Gasteiger partial charge in [0.1, 0.15) is 11.6 Å². The maximum absolute atomic E-state index is 14.2. The molecular weight excluding hydrogens is 499 g/mol. The lowest BCUT2D eigenvalue weighted by atomic mass is 10.2. The standard InChI is InChI=1S/C21H16BrFN6O2S/c1-31-15-6-4-14(5-7-15)29-18(12-32-21-24-9-2-10-25-21)19(27-28-29)20(30)26-17-8-3-13(22)11-16(17)23/h2-11H,12H2,1H3,(H,26,30). The Kier molecular flexibility index (Phi) is 6.76. The van der Waals surface area contributed by atoms with E-state index in [-0.39, 0.29) is 11.4 Å². The van der Waals surface area contributed by atoms with E-state index >= 15 is 0 Å². The third-order valence-corrected chi connectivity index (χ3v) is 5.73. The minimum Gasteiger partial charge on any atom is -0.497 e. The fourth-order valence-electron chi connectivity index (χ4n) is 2.80. The van der Waals surface area contributed by atoms with Gasteiger partial charge < -0.3 is 10.1 Å². The van der Waals surface area contributed by atoms with Crippen molar-refractivity contribution in [3.05, 3.63) is 82.6 Å². The predicted octanol–water partition coefficient (Wildman–Crippen LogP) is 4.51. The number of carbonyl (C=O) groups is 1. The molecular formula is C21H16BrFN6O2S. The molecule has 2 aromatic carbocycles. The number of hydrogen-bond acceptors (Lipinski definition) is 7. The smallest absolute Gasteiger partial charge is 0.278 e. The number of amides is 1. The maximum atomic E-state index is 14.2. The van der Waals surface area contributed by atoms with E-state index in [4.69, 9.17) is 4.74 Å². The molecule has 2 heterocycles. The zero-order valence-corrected chi connectivity index (χ0v) is 19.1. The normalized spacial score (nSPS) is 10.7. The van der Waals surface area contributed by atoms with Gasteiger partial charge in [0.2, 0.25) is 0 Å². The lowest BCUT2D eigenvalue weighted by molar-refractivity contribution is 0.102. The number of hydrogen-bond donors (Lipinski definition) is 1. The molecule has 0 unspecified atom stereocenters. The average molecular weight is 515 g/mol. The molecule has 0 aliphatic carbocycles. The number of carbonyl (C=O) groups excluding carboxylic acids is 1. The Hall–Kier alpha value is -3.31. The van der Waals surface area contributed by atoms with Gasteiger partial charge in [-0.15, -0.1) is 5.10 Å². The van der Waals surface area contributed by atoms with Crippen LogP contribution in [-0.2, 0) is 5.75 Å². The Balaban J connectivity index is 1.67. The first-order valence-electron chi connectivity index (χ1n) is 9.30. The van der Waals surface area contributed by atoms with Gasteiger partial charge in [0, 0.05) is 22.6 Å². The molecule has 4 aromatic rings. The van der Waals surface area contributed by atoms with Crippen molar-refractivity contribution in [3.63, 3.8) is 0 Å². The predicted molar refractivity (Wildman–Crippen MR) is 122 cm³/mol. The van der Waals surface area contributed by atoms with Crippen LogP contribution >= 0.6 is 27.7 Å². The van der Waals surface area contributed by atoms with E-state index in [1.54, 1.807) is 60.6 Å². The van der Waals surface area contributed by atoms with Crippen molar-refractivity contribution in [2.45, 2.75) is 10.9 Å². The highest BCUT2D eigenvalue weighted by Crippen LogP contribution is 2.25. The van der Waals surface area contributed by atoms with Crippen molar-refractivity contribution in [3.8, 4) is 11.4 Å². The molecule has 32 heavy (non-hydrogen) atoms. The first-order valence-corrected chi connectivity index (χ1v) is 11.1. The third-order valence-electron chi connectivity index (χ3n) is 4.35. The van der Waals surface area contributed by atoms with Gasteiger partial charge >= 0.3 is 0 Å². The molecule has 162 valence electrons. The number of halogens is 2. The van der Waals surface area contributed by atoms with Crippen LogP contribution in [0.15, 0.2) is 70.6 Å². The zero-order valence-electron chi connectivity index (χ0n) is 16.7. The molecule has 1 N–H and O–H groups in total. The Morgan fingerprint density at radius 2 is 1.94 bits per heavy atom. The van der Waals surface area contributed by atoms with Crippen LogP contribution in [0.5, 0.6) is 5.75 Å². The molecule has 0 bridgehead atoms. The first kappa shape index (κ1) is 21.9. The highest BCUT2D eigenvalue weighted by Gasteiger charge is 2.22. The summed E-state index contributed by atoms with van der Waals surface area (Å²) >= 11 is 4.53. The van der Waals surface area contributed by atoms with Crippen molar-refractivity contribution in [1.29, 1.82) is 0 Å². The van der Waals surface area contributed by atoms with E-state index in [0.717, 1.165) is 0 Å². The number of aromatic nitrogens is 5. The van der Waals surface area contributed by atoms with Crippen LogP contribution in [0.4, 0.5) is 10.1 Å². The summed E-state index contributed by atoms with van der Waals surface area (Å²) in [6.07, 6.45) is 3.27. The lowest BCUT2D eigenvalue weighted by Crippen LogP contribution is -2.16. The highest BCUT2D eigenvalue weighted by atomic mass is 79.9. The van der Waals surface area contributed by atoms with Crippen LogP contribution in [0.2, 0.25) is 0 Å². The van der Waals surface area contributed by atoms with Gasteiger partial charge in [-0.25, -0.2) is 19.0 Å². The van der Waals surface area contributed by atoms with Gasteiger partial charge in [-0.1, -0.05) is 32.9 Å². The highest BCUT2D eigenvalue weighted by molar-refractivity contribution is 9.10. The summed E-state index contributed by atoms with van der Waals surface area (Å²) in [6.45, 7) is 0. The summed E-state index contributed by atoms with van der Waals surface area (Å²) in [4.78, 5) is 21.4. The van der Waals surface area contributed by atoms with Crippen LogP contribution in [-0.4, -0.2) is 38.0 Å². The Bertz CT molecular complexity index is 1240. The molecule has 0 fully saturated rings. The van der Waals surface area contributed by atoms with Gasteiger partial charge in [-0.3, -0.25) is 4.79 Å². The molecule has 0 saturated heterocycles. The number of ether oxygens (including phenoxy) is 1. The Morgan fingerprint density at radius 3 is 2.62 bits per heavy atom. The van der Waals surface area contributed by atoms with E-state index in [0.29, 0.717) is 32.5 Å². The molecule has 8 nitrogen and oxygen atoms in total. The lowest BCUT2D eigenvalue weighted by Gasteiger charge is -2.09. The Labute approximate surface area is 195 Å². The van der Waals surface area contributed by atoms with Crippen LogP contribution in [0.3, 0.4) is 0 Å². The largest absolute Gasteiger partial charge is 0.497 e. The van der Waals surface area contributed by atoms with Crippen LogP contribution in [0.25, 0.3) is 5.69 Å². The van der Waals surface area contributed by atoms with E-state index in [1.807, 2.05) is 0 Å². The first-order chi connectivity index (χ1) is 15.5. The van der Waals surface area contributed by atoms with E-state index in [1.165, 1.54) is 23.9 Å². The fourth-order valence-corrected chi connectivity index (χ4v) is 3.93. The number of thioether (sulfide) groups is 1. The van der Waals surface area contributed by atoms with Crippen molar-refractivity contribution in [2.24, 2.45) is 0 Å². The maximum Gasteiger partial charge on any atom is 0.278 e. The van der Waals surface area contributed by atoms with Crippen molar-refractivity contribution in [1.82, 2.24) is 25.0 Å². The Morgan fingerprint density at radius 1 is 1.19 bits per heavy atom.